The van der Waals surface area contributed by atoms with E-state index in [0.29, 0.717) is 6.67 Å². The quantitative estimate of drug-likeness (QED) is 0.121. The van der Waals surface area contributed by atoms with Gasteiger partial charge in [0.15, 0.2) is 9.76 Å². The summed E-state index contributed by atoms with van der Waals surface area (Å²) < 4.78 is 3.63. The first-order valence-corrected chi connectivity index (χ1v) is 8.53. The summed E-state index contributed by atoms with van der Waals surface area (Å²) in [6.45, 7) is 9.41. The molecule has 16 heavy (non-hydrogen) atoms. The third kappa shape index (κ3) is 66.2. The normalized spacial score (nSPS) is 8.88. The van der Waals surface area contributed by atoms with Crippen molar-refractivity contribution in [2.45, 2.75) is 27.9 Å². The van der Waals surface area contributed by atoms with Crippen LogP contribution in [-0.4, -0.2) is 46.0 Å². The molecule has 0 spiro atoms. The number of hydrogen-bond acceptors (Lipinski definition) is 6. The van der Waals surface area contributed by atoms with Gasteiger partial charge in [-0.05, 0) is 13.1 Å². The second-order valence-corrected chi connectivity index (χ2v) is 6.49. The Bertz CT molecular complexity index is 101. The monoisotopic (exact) mass is 274 g/mol. The van der Waals surface area contributed by atoms with Crippen molar-refractivity contribution >= 4 is 18.3 Å². The lowest BCUT2D eigenvalue weighted by Gasteiger charge is -2.04. The highest BCUT2D eigenvalue weighted by Gasteiger charge is 2.17. The predicted octanol–water partition coefficient (Wildman–Crippen LogP) is -0.230. The average molecular weight is 275 g/mol. The van der Waals surface area contributed by atoms with E-state index >= 15 is 0 Å². The fourth-order valence-electron chi connectivity index (χ4n) is 0.181. The summed E-state index contributed by atoms with van der Waals surface area (Å²) in [5, 5.41) is 10.5. The first-order valence-electron chi connectivity index (χ1n) is 4.04. The Hall–Kier alpha value is -0.0662. The third-order valence-electron chi connectivity index (χ3n) is 0.656. The van der Waals surface area contributed by atoms with Crippen LogP contribution in [0.25, 0.3) is 0 Å². The first-order chi connectivity index (χ1) is 6.47. The highest BCUT2D eigenvalue weighted by Crippen LogP contribution is 1.91. The van der Waals surface area contributed by atoms with Crippen molar-refractivity contribution in [3.8, 4) is 0 Å². The standard InChI is InChI=1S/C2H10N2OSi.C2H8O3Si.C2H4.2CH4/c3-1-4-2-6-5;1-6(2,4)5-3;1-2;;/h4-5H,1-3,6H2;3-4H,1-2H3;1-2H2;2*1H4. The molecule has 104 valence electrons. The van der Waals surface area contributed by atoms with Gasteiger partial charge in [0.05, 0.1) is 0 Å². The van der Waals surface area contributed by atoms with Gasteiger partial charge in [-0.3, -0.25) is 9.83 Å². The molecule has 0 radical (unpaired) electrons. The molecular formula is C8H30N2O4Si2. The van der Waals surface area contributed by atoms with Gasteiger partial charge < -0.3 is 20.6 Å². The highest BCUT2D eigenvalue weighted by molar-refractivity contribution is 6.62. The van der Waals surface area contributed by atoms with Crippen molar-refractivity contribution in [2.75, 3.05) is 12.8 Å². The highest BCUT2D eigenvalue weighted by atomic mass is 28.4. The lowest BCUT2D eigenvalue weighted by atomic mass is 11.1. The van der Waals surface area contributed by atoms with Crippen LogP contribution < -0.4 is 11.1 Å². The van der Waals surface area contributed by atoms with Crippen LogP contribution in [0.15, 0.2) is 13.2 Å². The Morgan fingerprint density at radius 1 is 1.38 bits per heavy atom. The number of nitrogens with two attached hydrogens (primary N) is 1. The van der Waals surface area contributed by atoms with Crippen molar-refractivity contribution in [1.29, 1.82) is 0 Å². The molecule has 0 aliphatic carbocycles. The van der Waals surface area contributed by atoms with Gasteiger partial charge in [0.1, 0.15) is 0 Å². The SMILES string of the molecule is C.C.C=C.C[Si](C)(O)OO.NCNC[SiH2]O. The van der Waals surface area contributed by atoms with Crippen LogP contribution >= 0.6 is 0 Å². The molecule has 0 atom stereocenters. The van der Waals surface area contributed by atoms with Crippen molar-refractivity contribution in [1.82, 2.24) is 5.32 Å². The van der Waals surface area contributed by atoms with Crippen LogP contribution in [0.3, 0.4) is 0 Å². The molecule has 0 saturated carbocycles. The molecule has 0 rings (SSSR count). The minimum absolute atomic E-state index is 0. The van der Waals surface area contributed by atoms with Gasteiger partial charge in [-0.2, -0.15) is 0 Å². The molecular weight excluding hydrogens is 244 g/mol. The summed E-state index contributed by atoms with van der Waals surface area (Å²) in [7, 11) is -3.36. The zero-order valence-electron chi connectivity index (χ0n) is 8.86. The zero-order chi connectivity index (χ0) is 12.0. The summed E-state index contributed by atoms with van der Waals surface area (Å²) in [4.78, 5) is 16.7. The van der Waals surface area contributed by atoms with E-state index < -0.39 is 18.3 Å². The van der Waals surface area contributed by atoms with Gasteiger partial charge in [-0.1, -0.05) is 14.9 Å². The second kappa shape index (κ2) is 24.3. The Balaban J connectivity index is -0.0000000393. The van der Waals surface area contributed by atoms with Crippen molar-refractivity contribution in [3.05, 3.63) is 13.2 Å². The molecule has 0 amide bonds. The van der Waals surface area contributed by atoms with E-state index in [1.165, 1.54) is 13.1 Å². The van der Waals surface area contributed by atoms with E-state index in [-0.39, 0.29) is 14.9 Å². The maximum Gasteiger partial charge on any atom is 0.366 e. The summed E-state index contributed by atoms with van der Waals surface area (Å²) in [6, 6.07) is 0. The molecule has 8 heteroatoms. The van der Waals surface area contributed by atoms with Crippen LogP contribution in [0.2, 0.25) is 13.1 Å². The van der Waals surface area contributed by atoms with Gasteiger partial charge in [0, 0.05) is 12.8 Å². The summed E-state index contributed by atoms with van der Waals surface area (Å²) in [5.74, 6) is 0. The Morgan fingerprint density at radius 2 is 1.69 bits per heavy atom. The Kier molecular flexibility index (Phi) is 45.1. The topological polar surface area (TPSA) is 108 Å². The zero-order valence-corrected chi connectivity index (χ0v) is 11.3. The fourth-order valence-corrected chi connectivity index (χ4v) is 0.543. The van der Waals surface area contributed by atoms with E-state index in [1.54, 1.807) is 0 Å². The minimum atomic E-state index is -2.58. The summed E-state index contributed by atoms with van der Waals surface area (Å²) in [6.07, 6.45) is 0.733. The molecule has 0 heterocycles. The lowest BCUT2D eigenvalue weighted by molar-refractivity contribution is -0.164. The Morgan fingerprint density at radius 3 is 1.75 bits per heavy atom. The van der Waals surface area contributed by atoms with Crippen molar-refractivity contribution < 1.29 is 19.4 Å². The fraction of sp³-hybridized carbons (Fsp3) is 0.750. The molecule has 0 unspecified atom stereocenters. The maximum absolute atomic E-state index is 8.49. The molecule has 6 N–H and O–H groups in total. The first kappa shape index (κ1) is 29.7. The van der Waals surface area contributed by atoms with E-state index in [9.17, 15) is 0 Å². The van der Waals surface area contributed by atoms with Crippen LogP contribution in [0.1, 0.15) is 14.9 Å². The Labute approximate surface area is 103 Å². The molecule has 0 bridgehead atoms. The number of nitrogens with one attached hydrogen (secondary N) is 1. The molecule has 6 nitrogen and oxygen atoms in total. The van der Waals surface area contributed by atoms with Crippen molar-refractivity contribution in [2.24, 2.45) is 5.73 Å². The van der Waals surface area contributed by atoms with Crippen LogP contribution in [0.4, 0.5) is 0 Å². The molecule has 0 aliphatic rings. The van der Waals surface area contributed by atoms with Gasteiger partial charge in [0.25, 0.3) is 0 Å². The van der Waals surface area contributed by atoms with E-state index in [1.807, 2.05) is 0 Å². The second-order valence-electron chi connectivity index (χ2n) is 2.47. The number of rotatable bonds is 4. The molecule has 0 aliphatic heterocycles. The predicted molar refractivity (Wildman–Crippen MR) is 76.0 cm³/mol. The molecule has 0 saturated heterocycles. The largest absolute Gasteiger partial charge is 0.437 e. The van der Waals surface area contributed by atoms with Crippen molar-refractivity contribution in [3.63, 3.8) is 0 Å². The summed E-state index contributed by atoms with van der Waals surface area (Å²) >= 11 is 0. The van der Waals surface area contributed by atoms with E-state index in [0.717, 1.165) is 6.17 Å². The molecule has 0 aromatic carbocycles. The lowest BCUT2D eigenvalue weighted by Crippen LogP contribution is -2.27. The van der Waals surface area contributed by atoms with E-state index in [4.69, 9.17) is 20.6 Å². The number of hydrogen-bond donors (Lipinski definition) is 5. The smallest absolute Gasteiger partial charge is 0.366 e. The minimum Gasteiger partial charge on any atom is -0.437 e. The van der Waals surface area contributed by atoms with Crippen LogP contribution in [-0.2, 0) is 4.58 Å². The molecule has 0 aromatic rings. The van der Waals surface area contributed by atoms with Crippen LogP contribution in [0, 0.1) is 0 Å². The van der Waals surface area contributed by atoms with Gasteiger partial charge in [-0.25, -0.2) is 0 Å². The van der Waals surface area contributed by atoms with Gasteiger partial charge >= 0.3 is 8.56 Å². The van der Waals surface area contributed by atoms with Gasteiger partial charge in [-0.15, -0.1) is 13.2 Å². The molecule has 0 fully saturated rings. The summed E-state index contributed by atoms with van der Waals surface area (Å²) in [5.41, 5.74) is 5.01. The van der Waals surface area contributed by atoms with Gasteiger partial charge in [0.2, 0.25) is 0 Å². The maximum atomic E-state index is 8.49. The third-order valence-corrected chi connectivity index (χ3v) is 1.68. The van der Waals surface area contributed by atoms with E-state index in [2.05, 4.69) is 23.1 Å². The van der Waals surface area contributed by atoms with Crippen LogP contribution in [0.5, 0.6) is 0 Å². The molecule has 0 aromatic heterocycles. The average Bonchev–Trinajstić information content (AvgIpc) is 2.18.